The van der Waals surface area contributed by atoms with E-state index in [0.29, 0.717) is 44.9 Å². The molecule has 3 fully saturated rings. The summed E-state index contributed by atoms with van der Waals surface area (Å²) in [4.78, 5) is 33.7. The monoisotopic (exact) mass is 359 g/mol. The van der Waals surface area contributed by atoms with Crippen molar-refractivity contribution in [3.63, 3.8) is 0 Å². The number of aryl methyl sites for hydroxylation is 1. The van der Waals surface area contributed by atoms with E-state index in [-0.39, 0.29) is 23.1 Å². The fourth-order valence-corrected chi connectivity index (χ4v) is 5.14. The summed E-state index contributed by atoms with van der Waals surface area (Å²) in [5.41, 5.74) is -0.319. The molecule has 2 amide bonds. The van der Waals surface area contributed by atoms with Crippen LogP contribution in [0.5, 0.6) is 0 Å². The first-order valence-electron chi connectivity index (χ1n) is 9.97. The normalized spacial score (nSPS) is 28.8. The Morgan fingerprint density at radius 3 is 2.38 bits per heavy atom. The molecule has 1 saturated carbocycles. The highest BCUT2D eigenvalue weighted by atomic mass is 16.2. The number of H-pyrrole nitrogens is 1. The molecular formula is C19H29N5O2. The summed E-state index contributed by atoms with van der Waals surface area (Å²) in [6, 6.07) is 0. The summed E-state index contributed by atoms with van der Waals surface area (Å²) in [5.74, 6) is 2.77. The molecule has 0 spiro atoms. The maximum absolute atomic E-state index is 12.9. The number of nitrogens with one attached hydrogen (secondary N) is 1. The quantitative estimate of drug-likeness (QED) is 0.886. The van der Waals surface area contributed by atoms with Crippen molar-refractivity contribution < 1.29 is 9.59 Å². The summed E-state index contributed by atoms with van der Waals surface area (Å²) in [5, 5.41) is 7.38. The summed E-state index contributed by atoms with van der Waals surface area (Å²) in [7, 11) is 0. The predicted molar refractivity (Wildman–Crippen MR) is 96.3 cm³/mol. The third kappa shape index (κ3) is 2.91. The van der Waals surface area contributed by atoms with Gasteiger partial charge in [0.25, 0.3) is 0 Å². The van der Waals surface area contributed by atoms with Gasteiger partial charge in [-0.2, -0.15) is 5.10 Å². The molecule has 0 bridgehead atoms. The van der Waals surface area contributed by atoms with Crippen LogP contribution in [0.4, 0.5) is 0 Å². The van der Waals surface area contributed by atoms with Gasteiger partial charge in [-0.3, -0.25) is 14.7 Å². The lowest BCUT2D eigenvalue weighted by atomic mass is 9.80. The minimum absolute atomic E-state index is 0.176. The highest BCUT2D eigenvalue weighted by Gasteiger charge is 2.57. The second-order valence-corrected chi connectivity index (χ2v) is 8.35. The largest absolute Gasteiger partial charge is 0.341 e. The lowest BCUT2D eigenvalue weighted by molar-refractivity contribution is -0.132. The molecule has 2 aliphatic heterocycles. The van der Waals surface area contributed by atoms with Crippen LogP contribution >= 0.6 is 0 Å². The predicted octanol–water partition coefficient (Wildman–Crippen LogP) is 1.64. The van der Waals surface area contributed by atoms with Crippen LogP contribution in [0.15, 0.2) is 0 Å². The standard InChI is InChI=1S/C19H29N5O2/c1-3-16(25)23-9-15-10-24(17(26)8-14-6-4-5-7-14)12-19(15,11-23)18-20-13(2)21-22-18/h14-15H,3-12H2,1-2H3,(H,20,21,22)/t15-,19-/m0/s1. The number of likely N-dealkylation sites (tertiary alicyclic amines) is 2. The Morgan fingerprint density at radius 1 is 1.15 bits per heavy atom. The molecule has 142 valence electrons. The van der Waals surface area contributed by atoms with Crippen LogP contribution in [0, 0.1) is 18.8 Å². The summed E-state index contributed by atoms with van der Waals surface area (Å²) in [6.45, 7) is 6.46. The van der Waals surface area contributed by atoms with Crippen LogP contribution in [0.1, 0.15) is 57.1 Å². The van der Waals surface area contributed by atoms with E-state index in [2.05, 4.69) is 15.2 Å². The number of aromatic amines is 1. The van der Waals surface area contributed by atoms with Crippen LogP contribution in [0.3, 0.4) is 0 Å². The van der Waals surface area contributed by atoms with Gasteiger partial charge in [-0.25, -0.2) is 4.98 Å². The van der Waals surface area contributed by atoms with E-state index in [1.54, 1.807) is 0 Å². The van der Waals surface area contributed by atoms with Gasteiger partial charge in [0.05, 0.1) is 5.41 Å². The summed E-state index contributed by atoms with van der Waals surface area (Å²) in [6.07, 6.45) is 6.08. The number of hydrogen-bond donors (Lipinski definition) is 1. The number of hydrogen-bond acceptors (Lipinski definition) is 4. The number of fused-ring (bicyclic) bond motifs is 1. The zero-order valence-electron chi connectivity index (χ0n) is 15.8. The maximum Gasteiger partial charge on any atom is 0.222 e. The molecule has 1 N–H and O–H groups in total. The van der Waals surface area contributed by atoms with Crippen LogP contribution in [0.2, 0.25) is 0 Å². The minimum atomic E-state index is -0.319. The second-order valence-electron chi connectivity index (χ2n) is 8.35. The van der Waals surface area contributed by atoms with Gasteiger partial charge in [-0.1, -0.05) is 19.8 Å². The fourth-order valence-electron chi connectivity index (χ4n) is 5.14. The molecule has 2 saturated heterocycles. The first-order chi connectivity index (χ1) is 12.5. The van der Waals surface area contributed by atoms with E-state index in [4.69, 9.17) is 0 Å². The van der Waals surface area contributed by atoms with Gasteiger partial charge < -0.3 is 9.80 Å². The third-order valence-electron chi connectivity index (χ3n) is 6.60. The first-order valence-corrected chi connectivity index (χ1v) is 9.97. The van der Waals surface area contributed by atoms with Gasteiger partial charge in [0.1, 0.15) is 5.82 Å². The van der Waals surface area contributed by atoms with Crippen molar-refractivity contribution >= 4 is 11.8 Å². The molecule has 0 aromatic carbocycles. The molecule has 1 aromatic heterocycles. The number of aromatic nitrogens is 3. The van der Waals surface area contributed by atoms with Gasteiger partial charge in [0.15, 0.2) is 5.82 Å². The Morgan fingerprint density at radius 2 is 1.81 bits per heavy atom. The van der Waals surface area contributed by atoms with E-state index < -0.39 is 0 Å². The zero-order valence-corrected chi connectivity index (χ0v) is 15.8. The molecule has 2 atom stereocenters. The number of rotatable bonds is 4. The van der Waals surface area contributed by atoms with Gasteiger partial charge >= 0.3 is 0 Å². The molecule has 1 aliphatic carbocycles. The van der Waals surface area contributed by atoms with Gasteiger partial charge in [-0.15, -0.1) is 0 Å². The van der Waals surface area contributed by atoms with Crippen molar-refractivity contribution in [3.8, 4) is 0 Å². The van der Waals surface area contributed by atoms with Crippen molar-refractivity contribution in [2.24, 2.45) is 11.8 Å². The van der Waals surface area contributed by atoms with Gasteiger partial charge in [-0.05, 0) is 25.7 Å². The average Bonchev–Trinajstić information content (AvgIpc) is 3.36. The van der Waals surface area contributed by atoms with Crippen molar-refractivity contribution in [2.45, 2.75) is 57.8 Å². The van der Waals surface area contributed by atoms with E-state index in [9.17, 15) is 9.59 Å². The molecule has 7 nitrogen and oxygen atoms in total. The maximum atomic E-state index is 12.9. The topological polar surface area (TPSA) is 82.2 Å². The Labute approximate surface area is 154 Å². The Hall–Kier alpha value is -1.92. The van der Waals surface area contributed by atoms with E-state index >= 15 is 0 Å². The first kappa shape index (κ1) is 17.5. The van der Waals surface area contributed by atoms with Gasteiger partial charge in [0, 0.05) is 44.9 Å². The van der Waals surface area contributed by atoms with Crippen LogP contribution < -0.4 is 0 Å². The minimum Gasteiger partial charge on any atom is -0.341 e. The third-order valence-corrected chi connectivity index (χ3v) is 6.60. The second kappa shape index (κ2) is 6.67. The molecular weight excluding hydrogens is 330 g/mol. The van der Waals surface area contributed by atoms with Gasteiger partial charge in [0.2, 0.25) is 11.8 Å². The van der Waals surface area contributed by atoms with E-state index in [1.807, 2.05) is 23.6 Å². The SMILES string of the molecule is CCC(=O)N1C[C@H]2CN(C(=O)CC3CCCC3)C[C@@]2(c2n[nH]c(C)n2)C1. The number of nitrogens with zero attached hydrogens (tertiary/aromatic N) is 4. The summed E-state index contributed by atoms with van der Waals surface area (Å²) < 4.78 is 0. The van der Waals surface area contributed by atoms with Crippen LogP contribution in [-0.4, -0.2) is 63.0 Å². The summed E-state index contributed by atoms with van der Waals surface area (Å²) >= 11 is 0. The van der Waals surface area contributed by atoms with Crippen molar-refractivity contribution in [1.29, 1.82) is 0 Å². The number of carbonyl (C=O) groups excluding carboxylic acids is 2. The van der Waals surface area contributed by atoms with Crippen molar-refractivity contribution in [1.82, 2.24) is 25.0 Å². The Bertz CT molecular complexity index is 696. The number of amides is 2. The molecule has 1 aromatic rings. The molecule has 0 unspecified atom stereocenters. The molecule has 3 heterocycles. The van der Waals surface area contributed by atoms with E-state index in [1.165, 1.54) is 25.7 Å². The Kier molecular flexibility index (Phi) is 4.49. The highest BCUT2D eigenvalue weighted by Crippen LogP contribution is 2.44. The molecule has 0 radical (unpaired) electrons. The van der Waals surface area contributed by atoms with E-state index in [0.717, 1.165) is 11.6 Å². The zero-order chi connectivity index (χ0) is 18.3. The number of carbonyl (C=O) groups is 2. The lowest BCUT2D eigenvalue weighted by Crippen LogP contribution is -2.42. The van der Waals surface area contributed by atoms with Crippen molar-refractivity contribution in [3.05, 3.63) is 11.6 Å². The average molecular weight is 359 g/mol. The molecule has 4 rings (SSSR count). The molecule has 3 aliphatic rings. The smallest absolute Gasteiger partial charge is 0.222 e. The lowest BCUT2D eigenvalue weighted by Gasteiger charge is -2.27. The molecule has 26 heavy (non-hydrogen) atoms. The van der Waals surface area contributed by atoms with Crippen molar-refractivity contribution in [2.75, 3.05) is 26.2 Å². The van der Waals surface area contributed by atoms with Crippen LogP contribution in [-0.2, 0) is 15.0 Å². The molecule has 7 heteroatoms. The van der Waals surface area contributed by atoms with Crippen LogP contribution in [0.25, 0.3) is 0 Å². The highest BCUT2D eigenvalue weighted by molar-refractivity contribution is 5.78. The fraction of sp³-hybridized carbons (Fsp3) is 0.789. The Balaban J connectivity index is 1.54.